The van der Waals surface area contributed by atoms with Gasteiger partial charge >= 0.3 is 0 Å². The summed E-state index contributed by atoms with van der Waals surface area (Å²) in [5, 5.41) is 9.39. The molecule has 0 aliphatic heterocycles. The molecule has 2 rings (SSSR count). The van der Waals surface area contributed by atoms with Gasteiger partial charge in [0, 0.05) is 0 Å². The molecule has 2 aromatic carbocycles. The Morgan fingerprint density at radius 1 is 1.09 bits per heavy atom. The lowest BCUT2D eigenvalue weighted by molar-refractivity contribution is 0.472. The molecular formula is C17H19NO3S. The van der Waals surface area contributed by atoms with E-state index in [0.29, 0.717) is 0 Å². The smallest absolute Gasteiger partial charge is 0.241 e. The molecule has 5 heteroatoms. The number of sulfonamides is 1. The Hall–Kier alpha value is -2.11. The van der Waals surface area contributed by atoms with Gasteiger partial charge in [-0.15, -0.1) is 6.58 Å². The fourth-order valence-electron chi connectivity index (χ4n) is 2.13. The topological polar surface area (TPSA) is 66.4 Å². The quantitative estimate of drug-likeness (QED) is 0.804. The maximum absolute atomic E-state index is 12.5. The molecule has 0 heterocycles. The van der Waals surface area contributed by atoms with E-state index in [2.05, 4.69) is 11.3 Å². The minimum Gasteiger partial charge on any atom is -0.508 e. The molecule has 0 aromatic heterocycles. The standard InChI is InChI=1S/C17H19NO3S/c1-3-13(2)17(14-9-11-15(19)12-10-14)18-22(20,21)16-7-5-4-6-8-16/h3-13,17-19H,1H2,2H3. The van der Waals surface area contributed by atoms with Crippen LogP contribution in [0.15, 0.2) is 72.1 Å². The first kappa shape index (κ1) is 16.3. The molecule has 0 amide bonds. The van der Waals surface area contributed by atoms with Crippen LogP contribution in [0, 0.1) is 5.92 Å². The summed E-state index contributed by atoms with van der Waals surface area (Å²) in [7, 11) is -3.63. The van der Waals surface area contributed by atoms with Crippen LogP contribution in [0.25, 0.3) is 0 Å². The van der Waals surface area contributed by atoms with Gasteiger partial charge in [-0.1, -0.05) is 43.3 Å². The summed E-state index contributed by atoms with van der Waals surface area (Å²) in [4.78, 5) is 0.218. The van der Waals surface area contributed by atoms with E-state index in [1.165, 1.54) is 12.1 Å². The maximum Gasteiger partial charge on any atom is 0.241 e. The molecule has 2 unspecified atom stereocenters. The number of phenolic OH excluding ortho intramolecular Hbond substituents is 1. The van der Waals surface area contributed by atoms with Gasteiger partial charge in [0.1, 0.15) is 5.75 Å². The van der Waals surface area contributed by atoms with E-state index >= 15 is 0 Å². The molecule has 116 valence electrons. The zero-order valence-corrected chi connectivity index (χ0v) is 13.1. The number of rotatable bonds is 6. The molecule has 0 spiro atoms. The van der Waals surface area contributed by atoms with Crippen LogP contribution in [0.3, 0.4) is 0 Å². The van der Waals surface area contributed by atoms with Gasteiger partial charge in [-0.25, -0.2) is 13.1 Å². The monoisotopic (exact) mass is 317 g/mol. The van der Waals surface area contributed by atoms with Crippen molar-refractivity contribution in [3.8, 4) is 5.75 Å². The second-order valence-corrected chi connectivity index (χ2v) is 6.81. The van der Waals surface area contributed by atoms with Crippen molar-refractivity contribution < 1.29 is 13.5 Å². The number of hydrogen-bond acceptors (Lipinski definition) is 3. The molecule has 4 nitrogen and oxygen atoms in total. The molecule has 0 saturated carbocycles. The van der Waals surface area contributed by atoms with Crippen LogP contribution in [0.5, 0.6) is 5.75 Å². The molecule has 2 N–H and O–H groups in total. The van der Waals surface area contributed by atoms with Crippen LogP contribution < -0.4 is 4.72 Å². The van der Waals surface area contributed by atoms with Crippen molar-refractivity contribution in [3.05, 3.63) is 72.8 Å². The van der Waals surface area contributed by atoms with Crippen molar-refractivity contribution in [2.24, 2.45) is 5.92 Å². The third kappa shape index (κ3) is 3.75. The fourth-order valence-corrected chi connectivity index (χ4v) is 3.47. The van der Waals surface area contributed by atoms with Crippen molar-refractivity contribution in [2.75, 3.05) is 0 Å². The summed E-state index contributed by atoms with van der Waals surface area (Å²) in [5.41, 5.74) is 0.768. The van der Waals surface area contributed by atoms with E-state index in [0.717, 1.165) is 5.56 Å². The number of aromatic hydroxyl groups is 1. The summed E-state index contributed by atoms with van der Waals surface area (Å²) >= 11 is 0. The second-order valence-electron chi connectivity index (χ2n) is 5.10. The molecule has 0 saturated heterocycles. The van der Waals surface area contributed by atoms with Gasteiger partial charge in [0.25, 0.3) is 0 Å². The number of phenols is 1. The zero-order chi connectivity index (χ0) is 16.2. The van der Waals surface area contributed by atoms with Crippen LogP contribution in [-0.2, 0) is 10.0 Å². The summed E-state index contributed by atoms with van der Waals surface area (Å²) in [5.74, 6) is 0.0303. The number of benzene rings is 2. The molecule has 0 bridgehead atoms. The minimum absolute atomic E-state index is 0.108. The molecule has 22 heavy (non-hydrogen) atoms. The lowest BCUT2D eigenvalue weighted by Gasteiger charge is -2.23. The predicted molar refractivity (Wildman–Crippen MR) is 87.0 cm³/mol. The van der Waals surface area contributed by atoms with Gasteiger partial charge in [-0.3, -0.25) is 0 Å². The van der Waals surface area contributed by atoms with E-state index in [-0.39, 0.29) is 16.6 Å². The Morgan fingerprint density at radius 3 is 2.23 bits per heavy atom. The summed E-state index contributed by atoms with van der Waals surface area (Å²) in [6.45, 7) is 5.63. The van der Waals surface area contributed by atoms with Crippen LogP contribution >= 0.6 is 0 Å². The first-order chi connectivity index (χ1) is 10.4. The van der Waals surface area contributed by atoms with Gasteiger partial charge < -0.3 is 5.11 Å². The highest BCUT2D eigenvalue weighted by atomic mass is 32.2. The van der Waals surface area contributed by atoms with Crippen LogP contribution in [-0.4, -0.2) is 13.5 Å². The molecular weight excluding hydrogens is 298 g/mol. The Bertz CT molecular complexity index is 724. The molecule has 0 radical (unpaired) electrons. The third-order valence-corrected chi connectivity index (χ3v) is 4.94. The summed E-state index contributed by atoms with van der Waals surface area (Å²) in [6.07, 6.45) is 1.70. The molecule has 0 aliphatic rings. The highest BCUT2D eigenvalue weighted by Gasteiger charge is 2.24. The van der Waals surface area contributed by atoms with Gasteiger partial charge in [0.05, 0.1) is 10.9 Å². The Kier molecular flexibility index (Phi) is 5.00. The van der Waals surface area contributed by atoms with Crippen molar-refractivity contribution in [3.63, 3.8) is 0 Å². The Balaban J connectivity index is 2.35. The van der Waals surface area contributed by atoms with Crippen molar-refractivity contribution >= 4 is 10.0 Å². The van der Waals surface area contributed by atoms with Crippen molar-refractivity contribution in [2.45, 2.75) is 17.9 Å². The highest BCUT2D eigenvalue weighted by Crippen LogP contribution is 2.26. The van der Waals surface area contributed by atoms with Gasteiger partial charge in [0.15, 0.2) is 0 Å². The van der Waals surface area contributed by atoms with E-state index in [1.54, 1.807) is 48.5 Å². The number of nitrogens with one attached hydrogen (secondary N) is 1. The van der Waals surface area contributed by atoms with Gasteiger partial charge in [-0.2, -0.15) is 0 Å². The lowest BCUT2D eigenvalue weighted by Crippen LogP contribution is -2.32. The molecule has 2 aromatic rings. The van der Waals surface area contributed by atoms with Crippen molar-refractivity contribution in [1.29, 1.82) is 0 Å². The van der Waals surface area contributed by atoms with Crippen LogP contribution in [0.1, 0.15) is 18.5 Å². The summed E-state index contributed by atoms with van der Waals surface area (Å²) < 4.78 is 27.7. The molecule has 0 aliphatic carbocycles. The van der Waals surface area contributed by atoms with E-state index in [9.17, 15) is 13.5 Å². The summed E-state index contributed by atoms with van der Waals surface area (Å²) in [6, 6.07) is 14.3. The Labute approximate surface area is 131 Å². The molecule has 0 fully saturated rings. The average molecular weight is 317 g/mol. The van der Waals surface area contributed by atoms with E-state index in [1.807, 2.05) is 6.92 Å². The normalized spacial score (nSPS) is 14.2. The van der Waals surface area contributed by atoms with E-state index in [4.69, 9.17) is 0 Å². The van der Waals surface area contributed by atoms with Gasteiger partial charge in [0.2, 0.25) is 10.0 Å². The SMILES string of the molecule is C=CC(C)C(NS(=O)(=O)c1ccccc1)c1ccc(O)cc1. The fraction of sp³-hybridized carbons (Fsp3) is 0.176. The van der Waals surface area contributed by atoms with Crippen LogP contribution in [0.2, 0.25) is 0 Å². The Morgan fingerprint density at radius 2 is 1.68 bits per heavy atom. The number of hydrogen-bond donors (Lipinski definition) is 2. The lowest BCUT2D eigenvalue weighted by atomic mass is 9.95. The zero-order valence-electron chi connectivity index (χ0n) is 12.3. The van der Waals surface area contributed by atoms with Gasteiger partial charge in [-0.05, 0) is 35.7 Å². The first-order valence-electron chi connectivity index (χ1n) is 6.93. The van der Waals surface area contributed by atoms with E-state index < -0.39 is 16.1 Å². The third-order valence-electron chi connectivity index (χ3n) is 3.49. The first-order valence-corrected chi connectivity index (χ1v) is 8.41. The maximum atomic E-state index is 12.5. The van der Waals surface area contributed by atoms with Crippen molar-refractivity contribution in [1.82, 2.24) is 4.72 Å². The largest absolute Gasteiger partial charge is 0.508 e. The molecule has 2 atom stereocenters. The van der Waals surface area contributed by atoms with Crippen LogP contribution in [0.4, 0.5) is 0 Å². The average Bonchev–Trinajstić information content (AvgIpc) is 2.54. The minimum atomic E-state index is -3.63. The highest BCUT2D eigenvalue weighted by molar-refractivity contribution is 7.89. The predicted octanol–water partition coefficient (Wildman–Crippen LogP) is 3.23. The second kappa shape index (κ2) is 6.77.